The Morgan fingerprint density at radius 3 is 2.67 bits per heavy atom. The molecule has 0 aliphatic rings. The van der Waals surface area contributed by atoms with Gasteiger partial charge in [-0.25, -0.2) is 4.79 Å². The standard InChI is InChI=1S/C14H12N2O4S/c1-8-4-2-3-5-9(8)15-11(17)7-12-16-14(20)10(21-12)6-13(18)19/h2-7H,1H3,(H,15,17)(H,16,20)(H,18,19). The fourth-order valence-electron chi connectivity index (χ4n) is 1.64. The van der Waals surface area contributed by atoms with Gasteiger partial charge in [0.1, 0.15) is 9.20 Å². The summed E-state index contributed by atoms with van der Waals surface area (Å²) in [7, 11) is 0. The van der Waals surface area contributed by atoms with Gasteiger partial charge in [0.25, 0.3) is 11.5 Å². The number of hydrogen-bond donors (Lipinski definition) is 3. The van der Waals surface area contributed by atoms with E-state index in [9.17, 15) is 14.4 Å². The first-order valence-corrected chi connectivity index (χ1v) is 6.79. The zero-order chi connectivity index (χ0) is 15.4. The largest absolute Gasteiger partial charge is 0.478 e. The highest BCUT2D eigenvalue weighted by Crippen LogP contribution is 2.12. The number of rotatable bonds is 3. The molecule has 1 heterocycles. The normalized spacial score (nSPS) is 12.4. The van der Waals surface area contributed by atoms with Gasteiger partial charge < -0.3 is 15.4 Å². The Labute approximate surface area is 123 Å². The number of nitrogens with one attached hydrogen (secondary N) is 2. The Balaban J connectivity index is 2.29. The van der Waals surface area contributed by atoms with Crippen molar-refractivity contribution in [3.63, 3.8) is 0 Å². The molecule has 1 aromatic heterocycles. The maximum atomic E-state index is 11.9. The van der Waals surface area contributed by atoms with Gasteiger partial charge in [-0.15, -0.1) is 11.3 Å². The number of aryl methyl sites for hydroxylation is 1. The third-order valence-corrected chi connectivity index (χ3v) is 3.56. The van der Waals surface area contributed by atoms with Crippen LogP contribution in [0.25, 0.3) is 12.2 Å². The minimum Gasteiger partial charge on any atom is -0.478 e. The Kier molecular flexibility index (Phi) is 4.34. The number of carboxylic acids is 1. The molecule has 0 saturated carbocycles. The van der Waals surface area contributed by atoms with Gasteiger partial charge >= 0.3 is 5.97 Å². The van der Waals surface area contributed by atoms with Crippen LogP contribution in [0.1, 0.15) is 5.56 Å². The molecule has 108 valence electrons. The van der Waals surface area contributed by atoms with E-state index in [1.165, 1.54) is 6.08 Å². The number of hydrogen-bond acceptors (Lipinski definition) is 4. The number of anilines is 1. The number of thiazole rings is 1. The third kappa shape index (κ3) is 3.90. The van der Waals surface area contributed by atoms with Gasteiger partial charge in [0.05, 0.1) is 0 Å². The smallest absolute Gasteiger partial charge is 0.329 e. The first-order chi connectivity index (χ1) is 9.95. The van der Waals surface area contributed by atoms with Gasteiger partial charge in [-0.05, 0) is 18.6 Å². The highest BCUT2D eigenvalue weighted by atomic mass is 32.1. The molecule has 0 aliphatic carbocycles. The average molecular weight is 304 g/mol. The summed E-state index contributed by atoms with van der Waals surface area (Å²) >= 11 is 0.910. The molecule has 6 nitrogen and oxygen atoms in total. The van der Waals surface area contributed by atoms with E-state index in [2.05, 4.69) is 10.3 Å². The molecule has 7 heteroatoms. The molecular weight excluding hydrogens is 292 g/mol. The Hall–Kier alpha value is -2.67. The van der Waals surface area contributed by atoms with Crippen LogP contribution in [-0.2, 0) is 9.59 Å². The topological polar surface area (TPSA) is 99.3 Å². The van der Waals surface area contributed by atoms with E-state index in [0.717, 1.165) is 23.0 Å². The van der Waals surface area contributed by atoms with Crippen molar-refractivity contribution in [3.05, 3.63) is 49.4 Å². The number of benzene rings is 1. The second-order valence-corrected chi connectivity index (χ2v) is 5.30. The lowest BCUT2D eigenvalue weighted by Gasteiger charge is -2.04. The zero-order valence-corrected chi connectivity index (χ0v) is 11.9. The number of aliphatic carboxylic acids is 1. The quantitative estimate of drug-likeness (QED) is 0.745. The summed E-state index contributed by atoms with van der Waals surface area (Å²) in [6.07, 6.45) is 2.03. The first-order valence-electron chi connectivity index (χ1n) is 5.98. The molecule has 0 aliphatic heterocycles. The van der Waals surface area contributed by atoms with E-state index >= 15 is 0 Å². The number of carbonyl (C=O) groups is 2. The van der Waals surface area contributed by atoms with Gasteiger partial charge in [0.2, 0.25) is 0 Å². The minimum atomic E-state index is -1.21. The second-order valence-electron chi connectivity index (χ2n) is 4.22. The molecule has 0 atom stereocenters. The Morgan fingerprint density at radius 2 is 2.00 bits per heavy atom. The zero-order valence-electron chi connectivity index (χ0n) is 11.0. The molecule has 0 spiro atoms. The van der Waals surface area contributed by atoms with Crippen LogP contribution < -0.4 is 20.1 Å². The molecule has 1 amide bonds. The van der Waals surface area contributed by atoms with Crippen molar-refractivity contribution in [1.29, 1.82) is 0 Å². The number of para-hydroxylation sites is 1. The van der Waals surface area contributed by atoms with Crippen molar-refractivity contribution >= 4 is 41.1 Å². The number of carboxylic acid groups (broad SMARTS) is 1. The lowest BCUT2D eigenvalue weighted by Crippen LogP contribution is -2.21. The fraction of sp³-hybridized carbons (Fsp3) is 0.0714. The molecule has 0 fully saturated rings. The first kappa shape index (κ1) is 14.7. The van der Waals surface area contributed by atoms with Crippen molar-refractivity contribution in [2.45, 2.75) is 6.92 Å². The molecule has 0 unspecified atom stereocenters. The molecule has 0 radical (unpaired) electrons. The lowest BCUT2D eigenvalue weighted by molar-refractivity contribution is -0.129. The number of aromatic amines is 1. The van der Waals surface area contributed by atoms with Gasteiger partial charge in [0.15, 0.2) is 0 Å². The van der Waals surface area contributed by atoms with Crippen molar-refractivity contribution < 1.29 is 14.7 Å². The van der Waals surface area contributed by atoms with Crippen LogP contribution >= 0.6 is 11.3 Å². The van der Waals surface area contributed by atoms with E-state index in [1.807, 2.05) is 19.1 Å². The summed E-state index contributed by atoms with van der Waals surface area (Å²) < 4.78 is 0.330. The van der Waals surface area contributed by atoms with Gasteiger partial charge in [0, 0.05) is 17.8 Å². The molecule has 3 N–H and O–H groups in total. The fourth-order valence-corrected chi connectivity index (χ4v) is 2.49. The van der Waals surface area contributed by atoms with E-state index in [4.69, 9.17) is 5.11 Å². The summed E-state index contributed by atoms with van der Waals surface area (Å²) in [5, 5.41) is 11.3. The summed E-state index contributed by atoms with van der Waals surface area (Å²) in [5.74, 6) is -1.61. The van der Waals surface area contributed by atoms with Crippen LogP contribution in [0.15, 0.2) is 29.1 Å². The molecule has 1 aromatic carbocycles. The predicted octanol–water partition coefficient (Wildman–Crippen LogP) is 0.0291. The van der Waals surface area contributed by atoms with Gasteiger partial charge in [-0.3, -0.25) is 9.59 Å². The minimum absolute atomic E-state index is 0.0393. The molecule has 0 bridgehead atoms. The summed E-state index contributed by atoms with van der Waals surface area (Å²) in [6, 6.07) is 7.29. The van der Waals surface area contributed by atoms with E-state index in [0.29, 0.717) is 10.4 Å². The van der Waals surface area contributed by atoms with Crippen molar-refractivity contribution in [1.82, 2.24) is 4.98 Å². The van der Waals surface area contributed by atoms with Crippen LogP contribution in [0, 0.1) is 6.92 Å². The summed E-state index contributed by atoms with van der Waals surface area (Å²) in [5.41, 5.74) is 1.06. The predicted molar refractivity (Wildman–Crippen MR) is 80.6 cm³/mol. The average Bonchev–Trinajstić information content (AvgIpc) is 2.71. The summed E-state index contributed by atoms with van der Waals surface area (Å²) in [4.78, 5) is 36.3. The highest BCUT2D eigenvalue weighted by molar-refractivity contribution is 7.07. The summed E-state index contributed by atoms with van der Waals surface area (Å²) in [6.45, 7) is 1.86. The second kappa shape index (κ2) is 6.19. The third-order valence-electron chi connectivity index (χ3n) is 2.60. The monoisotopic (exact) mass is 304 g/mol. The van der Waals surface area contributed by atoms with E-state index in [1.54, 1.807) is 12.1 Å². The lowest BCUT2D eigenvalue weighted by atomic mass is 10.2. The highest BCUT2D eigenvalue weighted by Gasteiger charge is 2.02. The van der Waals surface area contributed by atoms with Crippen LogP contribution in [0.5, 0.6) is 0 Å². The van der Waals surface area contributed by atoms with Gasteiger partial charge in [-0.2, -0.15) is 0 Å². The molecule has 2 rings (SSSR count). The van der Waals surface area contributed by atoms with Crippen molar-refractivity contribution in [2.75, 3.05) is 5.32 Å². The van der Waals surface area contributed by atoms with E-state index < -0.39 is 17.4 Å². The molecule has 0 saturated heterocycles. The van der Waals surface area contributed by atoms with Crippen LogP contribution in [-0.4, -0.2) is 22.0 Å². The Morgan fingerprint density at radius 1 is 1.29 bits per heavy atom. The number of H-pyrrole nitrogens is 1. The van der Waals surface area contributed by atoms with Gasteiger partial charge in [-0.1, -0.05) is 18.2 Å². The van der Waals surface area contributed by atoms with Crippen molar-refractivity contribution in [3.8, 4) is 0 Å². The molecule has 2 aromatic rings. The molecular formula is C14H12N2O4S. The number of aromatic nitrogens is 1. The van der Waals surface area contributed by atoms with E-state index in [-0.39, 0.29) is 4.53 Å². The van der Waals surface area contributed by atoms with Crippen LogP contribution in [0.4, 0.5) is 5.69 Å². The maximum absolute atomic E-state index is 11.9. The number of carbonyl (C=O) groups excluding carboxylic acids is 1. The maximum Gasteiger partial charge on any atom is 0.329 e. The van der Waals surface area contributed by atoms with Crippen molar-refractivity contribution in [2.24, 2.45) is 0 Å². The SMILES string of the molecule is Cc1ccccc1NC(=O)C=c1[nH]c(=O)c(=CC(=O)O)s1. The molecule has 21 heavy (non-hydrogen) atoms. The number of amides is 1. The van der Waals surface area contributed by atoms with Crippen LogP contribution in [0.3, 0.4) is 0 Å². The Bertz CT molecular complexity index is 864. The van der Waals surface area contributed by atoms with Crippen LogP contribution in [0.2, 0.25) is 0 Å².